The minimum atomic E-state index is -6.60. The molecule has 0 radical (unpaired) electrons. The smallest absolute Gasteiger partial charge is 0.380 e. The summed E-state index contributed by atoms with van der Waals surface area (Å²) in [5.41, 5.74) is -5.61. The van der Waals surface area contributed by atoms with Crippen LogP contribution in [-0.2, 0) is 0 Å². The van der Waals surface area contributed by atoms with Crippen molar-refractivity contribution in [3.8, 4) is 0 Å². The molecule has 13 heteroatoms. The van der Waals surface area contributed by atoms with Crippen LogP contribution in [0.15, 0.2) is 0 Å². The fourth-order valence-electron chi connectivity index (χ4n) is 1.13. The molecule has 0 spiro atoms. The molecule has 0 aliphatic carbocycles. The molecule has 0 heterocycles. The Bertz CT molecular complexity index is 321. The van der Waals surface area contributed by atoms with Crippen LogP contribution in [0.2, 0.25) is 0 Å². The molecule has 0 aromatic rings. The van der Waals surface area contributed by atoms with Gasteiger partial charge in [-0.05, 0) is 16.7 Å². The summed E-state index contributed by atoms with van der Waals surface area (Å²) in [6.07, 6.45) is -3.75. The number of hydrogen-bond donors (Lipinski definition) is 1. The third kappa shape index (κ3) is 2.73. The van der Waals surface area contributed by atoms with Crippen molar-refractivity contribution in [2.24, 2.45) is 0 Å². The fourth-order valence-corrected chi connectivity index (χ4v) is 9.17. The van der Waals surface area contributed by atoms with E-state index >= 15 is 0 Å². The van der Waals surface area contributed by atoms with Crippen LogP contribution in [0.5, 0.6) is 0 Å². The average molecular weight is 354 g/mol. The summed E-state index contributed by atoms with van der Waals surface area (Å²) in [6, 6.07) is 0. The Morgan fingerprint density at radius 2 is 1.37 bits per heavy atom. The second-order valence-corrected chi connectivity index (χ2v) is 18.6. The lowest BCUT2D eigenvalue weighted by Crippen LogP contribution is -2.69. The SMILES string of the molecule is CC(F)C(F)(F)C(F)(F)C(F)(F)C(F)(F)[SiH](O)[SiH2][SiH3]. The van der Waals surface area contributed by atoms with E-state index in [0.29, 0.717) is 0 Å². The van der Waals surface area contributed by atoms with E-state index in [9.17, 15) is 39.5 Å². The molecule has 0 saturated carbocycles. The van der Waals surface area contributed by atoms with E-state index in [-0.39, 0.29) is 16.7 Å². The van der Waals surface area contributed by atoms with Crippen molar-refractivity contribution < 1.29 is 44.3 Å². The maximum atomic E-state index is 13.1. The van der Waals surface area contributed by atoms with Gasteiger partial charge in [-0.25, -0.2) is 13.2 Å². The zero-order chi connectivity index (χ0) is 15.9. The van der Waals surface area contributed by atoms with Crippen molar-refractivity contribution in [1.29, 1.82) is 0 Å². The molecule has 0 aliphatic heterocycles. The maximum absolute atomic E-state index is 13.1. The minimum Gasteiger partial charge on any atom is -0.431 e. The highest BCUT2D eigenvalue weighted by Crippen LogP contribution is 2.54. The van der Waals surface area contributed by atoms with Gasteiger partial charge in [0, 0.05) is 8.55 Å². The second-order valence-electron chi connectivity index (χ2n) is 3.93. The van der Waals surface area contributed by atoms with Crippen molar-refractivity contribution >= 4 is 26.9 Å². The van der Waals surface area contributed by atoms with Gasteiger partial charge in [-0.1, -0.05) is 0 Å². The largest absolute Gasteiger partial charge is 0.431 e. The Labute approximate surface area is 108 Å². The first-order valence-corrected chi connectivity index (χ1v) is 15.0. The van der Waals surface area contributed by atoms with Crippen molar-refractivity contribution in [1.82, 2.24) is 0 Å². The quantitative estimate of drug-likeness (QED) is 0.529. The van der Waals surface area contributed by atoms with Crippen LogP contribution < -0.4 is 0 Å². The summed E-state index contributed by atoms with van der Waals surface area (Å²) in [5, 5.41) is 0. The topological polar surface area (TPSA) is 20.2 Å². The Kier molecular flexibility index (Phi) is 5.40. The molecule has 0 aromatic carbocycles. The van der Waals surface area contributed by atoms with Crippen molar-refractivity contribution in [3.63, 3.8) is 0 Å². The molecule has 0 saturated heterocycles. The van der Waals surface area contributed by atoms with Gasteiger partial charge in [-0.3, -0.25) is 0 Å². The third-order valence-electron chi connectivity index (χ3n) is 2.54. The van der Waals surface area contributed by atoms with E-state index in [4.69, 9.17) is 4.80 Å². The van der Waals surface area contributed by atoms with Gasteiger partial charge in [-0.2, -0.15) is 26.3 Å². The normalized spacial score (nSPS) is 19.1. The lowest BCUT2D eigenvalue weighted by atomic mass is 10.0. The molecule has 0 fully saturated rings. The molecule has 19 heavy (non-hydrogen) atoms. The van der Waals surface area contributed by atoms with Crippen molar-refractivity contribution in [2.75, 3.05) is 0 Å². The number of alkyl halides is 9. The van der Waals surface area contributed by atoms with E-state index in [0.717, 1.165) is 0 Å². The predicted octanol–water partition coefficient (Wildman–Crippen LogP) is 0.0868. The van der Waals surface area contributed by atoms with Gasteiger partial charge in [0.15, 0.2) is 6.17 Å². The molecule has 0 amide bonds. The van der Waals surface area contributed by atoms with E-state index in [2.05, 4.69) is 0 Å². The third-order valence-corrected chi connectivity index (χ3v) is 15.3. The van der Waals surface area contributed by atoms with Gasteiger partial charge in [0.1, 0.15) is 0 Å². The highest BCUT2D eigenvalue weighted by atomic mass is 29.5. The van der Waals surface area contributed by atoms with E-state index in [1.807, 2.05) is 0 Å². The van der Waals surface area contributed by atoms with Gasteiger partial charge in [0.25, 0.3) is 0 Å². The first-order chi connectivity index (χ1) is 8.17. The Hall–Kier alpha value is -0.0194. The predicted molar refractivity (Wildman–Crippen MR) is 58.2 cm³/mol. The van der Waals surface area contributed by atoms with Gasteiger partial charge in [0.05, 0.1) is 0 Å². The number of hydrogen-bond acceptors (Lipinski definition) is 1. The molecule has 116 valence electrons. The zero-order valence-corrected chi connectivity index (χ0v) is 14.3. The van der Waals surface area contributed by atoms with Crippen LogP contribution in [0.4, 0.5) is 39.5 Å². The summed E-state index contributed by atoms with van der Waals surface area (Å²) >= 11 is 0. The standard InChI is InChI=1S/C6H11F9OSi3/c1-2(7)3(8,9)4(10,11)5(12,13)6(14,15)19(16)18-17/h2,16,19H,18H2,1,17H3. The summed E-state index contributed by atoms with van der Waals surface area (Å²) < 4.78 is 116. The number of halogens is 9. The highest BCUT2D eigenvalue weighted by molar-refractivity contribution is 7.29. The number of rotatable bonds is 6. The molecule has 2 unspecified atom stereocenters. The maximum Gasteiger partial charge on any atom is 0.380 e. The van der Waals surface area contributed by atoms with Crippen molar-refractivity contribution in [3.05, 3.63) is 0 Å². The Morgan fingerprint density at radius 3 is 1.63 bits per heavy atom. The molecular weight excluding hydrogens is 343 g/mol. The van der Waals surface area contributed by atoms with Gasteiger partial charge in [-0.15, -0.1) is 0 Å². The molecule has 2 atom stereocenters. The summed E-state index contributed by atoms with van der Waals surface area (Å²) in [7, 11) is -6.63. The minimum absolute atomic E-state index is 0.0590. The van der Waals surface area contributed by atoms with Crippen LogP contribution in [0.3, 0.4) is 0 Å². The first kappa shape index (κ1) is 19.0. The summed E-state index contributed by atoms with van der Waals surface area (Å²) in [4.78, 5) is 8.82. The first-order valence-electron chi connectivity index (χ1n) is 5.01. The fraction of sp³-hybridized carbons (Fsp3) is 1.00. The lowest BCUT2D eigenvalue weighted by molar-refractivity contribution is -0.360. The van der Waals surface area contributed by atoms with Crippen LogP contribution in [0, 0.1) is 0 Å². The monoisotopic (exact) mass is 354 g/mol. The molecular formula is C6H11F9OSi3. The van der Waals surface area contributed by atoms with E-state index in [1.165, 1.54) is 0 Å². The second kappa shape index (κ2) is 5.40. The Morgan fingerprint density at radius 1 is 1.00 bits per heavy atom. The lowest BCUT2D eigenvalue weighted by Gasteiger charge is -2.38. The van der Waals surface area contributed by atoms with Crippen LogP contribution in [0.25, 0.3) is 0 Å². The zero-order valence-electron chi connectivity index (χ0n) is 9.71. The van der Waals surface area contributed by atoms with Crippen LogP contribution >= 0.6 is 0 Å². The average Bonchev–Trinajstić information content (AvgIpc) is 2.26. The molecule has 0 aliphatic rings. The van der Waals surface area contributed by atoms with Gasteiger partial charge in [0.2, 0.25) is 8.56 Å². The van der Waals surface area contributed by atoms with Crippen LogP contribution in [0.1, 0.15) is 6.92 Å². The Balaban J connectivity index is 5.76. The van der Waals surface area contributed by atoms with Gasteiger partial charge >= 0.3 is 23.3 Å². The molecule has 1 nitrogen and oxygen atoms in total. The summed E-state index contributed by atoms with van der Waals surface area (Å²) in [5.74, 6) is -19.1. The highest BCUT2D eigenvalue weighted by Gasteiger charge is 2.82. The van der Waals surface area contributed by atoms with E-state index < -0.39 is 46.6 Å². The molecule has 0 bridgehead atoms. The molecule has 1 N–H and O–H groups in total. The molecule has 0 aromatic heterocycles. The van der Waals surface area contributed by atoms with Crippen molar-refractivity contribution in [2.45, 2.75) is 36.4 Å². The molecule has 0 rings (SSSR count). The van der Waals surface area contributed by atoms with Crippen LogP contribution in [-0.4, -0.2) is 61.2 Å². The van der Waals surface area contributed by atoms with Gasteiger partial charge < -0.3 is 4.80 Å². The summed E-state index contributed by atoms with van der Waals surface area (Å²) in [6.45, 7) is -0.141. The van der Waals surface area contributed by atoms with E-state index in [1.54, 1.807) is 0 Å².